The van der Waals surface area contributed by atoms with E-state index in [2.05, 4.69) is 0 Å². The maximum absolute atomic E-state index is 11.9. The molecule has 5 nitrogen and oxygen atoms in total. The van der Waals surface area contributed by atoms with Crippen molar-refractivity contribution in [3.05, 3.63) is 0 Å². The topological polar surface area (TPSA) is 49.9 Å². The predicted molar refractivity (Wildman–Crippen MR) is 85.3 cm³/mol. The van der Waals surface area contributed by atoms with Gasteiger partial charge in [-0.3, -0.25) is 9.59 Å². The van der Waals surface area contributed by atoms with Gasteiger partial charge in [-0.25, -0.2) is 0 Å². The highest BCUT2D eigenvalue weighted by atomic mass is 16.5. The second-order valence-electron chi connectivity index (χ2n) is 6.40. The van der Waals surface area contributed by atoms with Crippen LogP contribution in [0.15, 0.2) is 0 Å². The summed E-state index contributed by atoms with van der Waals surface area (Å²) in [5, 5.41) is 0. The van der Waals surface area contributed by atoms with Crippen LogP contribution in [0.25, 0.3) is 0 Å². The summed E-state index contributed by atoms with van der Waals surface area (Å²) >= 11 is 0. The summed E-state index contributed by atoms with van der Waals surface area (Å²) in [6, 6.07) is 0. The standard InChI is InChI=1S/C17H30N2O3/c20-16-9-3-1-5-11-18(16)12-7-8-14-22-15-19-13-6-2-4-10-17(19)21/h1-15H2. The van der Waals surface area contributed by atoms with E-state index in [0.717, 1.165) is 64.6 Å². The van der Waals surface area contributed by atoms with Crippen molar-refractivity contribution in [1.29, 1.82) is 0 Å². The minimum Gasteiger partial charge on any atom is -0.361 e. The Morgan fingerprint density at radius 1 is 0.773 bits per heavy atom. The molecule has 2 saturated heterocycles. The van der Waals surface area contributed by atoms with E-state index in [0.29, 0.717) is 32.1 Å². The highest BCUT2D eigenvalue weighted by Crippen LogP contribution is 2.12. The summed E-state index contributed by atoms with van der Waals surface area (Å²) in [6.45, 7) is 3.71. The van der Waals surface area contributed by atoms with Crippen molar-refractivity contribution in [3.63, 3.8) is 0 Å². The third-order valence-corrected chi connectivity index (χ3v) is 4.56. The third-order valence-electron chi connectivity index (χ3n) is 4.56. The van der Waals surface area contributed by atoms with Crippen LogP contribution in [0.5, 0.6) is 0 Å². The number of likely N-dealkylation sites (tertiary alicyclic amines) is 2. The molecule has 2 amide bonds. The number of unbranched alkanes of at least 4 members (excludes halogenated alkanes) is 1. The van der Waals surface area contributed by atoms with E-state index < -0.39 is 0 Å². The number of rotatable bonds is 7. The van der Waals surface area contributed by atoms with Crippen molar-refractivity contribution >= 4 is 11.8 Å². The van der Waals surface area contributed by atoms with Gasteiger partial charge in [0.05, 0.1) is 0 Å². The highest BCUT2D eigenvalue weighted by molar-refractivity contribution is 5.76. The molecule has 0 aliphatic carbocycles. The number of amides is 2. The lowest BCUT2D eigenvalue weighted by Gasteiger charge is -2.21. The zero-order chi connectivity index (χ0) is 15.6. The van der Waals surface area contributed by atoms with Gasteiger partial charge in [-0.15, -0.1) is 0 Å². The number of ether oxygens (including phenoxy) is 1. The Kier molecular flexibility index (Phi) is 7.71. The molecule has 2 aliphatic rings. The van der Waals surface area contributed by atoms with E-state index >= 15 is 0 Å². The molecule has 0 atom stereocenters. The fraction of sp³-hybridized carbons (Fsp3) is 0.882. The minimum absolute atomic E-state index is 0.229. The van der Waals surface area contributed by atoms with Crippen molar-refractivity contribution in [3.8, 4) is 0 Å². The van der Waals surface area contributed by atoms with E-state index in [-0.39, 0.29) is 5.91 Å². The van der Waals surface area contributed by atoms with E-state index in [1.807, 2.05) is 9.80 Å². The summed E-state index contributed by atoms with van der Waals surface area (Å²) < 4.78 is 5.64. The van der Waals surface area contributed by atoms with Gasteiger partial charge in [0, 0.05) is 39.1 Å². The van der Waals surface area contributed by atoms with Gasteiger partial charge in [-0.2, -0.15) is 0 Å². The molecule has 0 spiro atoms. The summed E-state index contributed by atoms with van der Waals surface area (Å²) in [6.07, 6.45) is 9.92. The molecule has 2 fully saturated rings. The summed E-state index contributed by atoms with van der Waals surface area (Å²) in [7, 11) is 0. The van der Waals surface area contributed by atoms with E-state index in [1.54, 1.807) is 0 Å². The number of hydrogen-bond acceptors (Lipinski definition) is 3. The molecule has 2 heterocycles. The van der Waals surface area contributed by atoms with Crippen LogP contribution < -0.4 is 0 Å². The number of carbonyl (C=O) groups is 2. The normalized spacial score (nSPS) is 20.9. The van der Waals surface area contributed by atoms with Crippen molar-refractivity contribution in [1.82, 2.24) is 9.80 Å². The Hall–Kier alpha value is -1.10. The molecule has 2 rings (SSSR count). The lowest BCUT2D eigenvalue weighted by Crippen LogP contribution is -2.33. The molecule has 0 aromatic heterocycles. The van der Waals surface area contributed by atoms with Gasteiger partial charge in [0.25, 0.3) is 0 Å². The summed E-state index contributed by atoms with van der Waals surface area (Å²) in [5.74, 6) is 0.543. The molecule has 22 heavy (non-hydrogen) atoms. The first-order valence-electron chi connectivity index (χ1n) is 8.90. The molecule has 126 valence electrons. The Morgan fingerprint density at radius 3 is 2.14 bits per heavy atom. The first-order chi connectivity index (χ1) is 10.8. The SMILES string of the molecule is O=C1CCCCCN1CCCCOCN1CCCCCC1=O. The molecule has 0 radical (unpaired) electrons. The Bertz CT molecular complexity index is 326. The van der Waals surface area contributed by atoms with Gasteiger partial charge in [0.1, 0.15) is 6.73 Å². The van der Waals surface area contributed by atoms with Crippen LogP contribution in [0.1, 0.15) is 64.2 Å². The Morgan fingerprint density at radius 2 is 1.41 bits per heavy atom. The number of hydrogen-bond donors (Lipinski definition) is 0. The zero-order valence-electron chi connectivity index (χ0n) is 13.7. The fourth-order valence-corrected chi connectivity index (χ4v) is 3.13. The predicted octanol–water partition coefficient (Wildman–Crippen LogP) is 2.55. The average molecular weight is 310 g/mol. The minimum atomic E-state index is 0.229. The first-order valence-corrected chi connectivity index (χ1v) is 8.90. The van der Waals surface area contributed by atoms with E-state index in [4.69, 9.17) is 4.74 Å². The summed E-state index contributed by atoms with van der Waals surface area (Å²) in [4.78, 5) is 27.5. The van der Waals surface area contributed by atoms with Crippen LogP contribution >= 0.6 is 0 Å². The van der Waals surface area contributed by atoms with Crippen LogP contribution in [0, 0.1) is 0 Å². The second-order valence-corrected chi connectivity index (χ2v) is 6.40. The molecular weight excluding hydrogens is 280 g/mol. The third kappa shape index (κ3) is 5.95. The lowest BCUT2D eigenvalue weighted by molar-refractivity contribution is -0.136. The van der Waals surface area contributed by atoms with Crippen molar-refractivity contribution in [2.75, 3.05) is 33.0 Å². The zero-order valence-corrected chi connectivity index (χ0v) is 13.7. The molecule has 2 aliphatic heterocycles. The van der Waals surface area contributed by atoms with Crippen LogP contribution in [0.2, 0.25) is 0 Å². The van der Waals surface area contributed by atoms with Gasteiger partial charge in [0.2, 0.25) is 11.8 Å². The molecule has 0 aromatic carbocycles. The summed E-state index contributed by atoms with van der Waals surface area (Å²) in [5.41, 5.74) is 0. The highest BCUT2D eigenvalue weighted by Gasteiger charge is 2.17. The van der Waals surface area contributed by atoms with Gasteiger partial charge < -0.3 is 14.5 Å². The monoisotopic (exact) mass is 310 g/mol. The van der Waals surface area contributed by atoms with Gasteiger partial charge in [0.15, 0.2) is 0 Å². The molecule has 0 unspecified atom stereocenters. The van der Waals surface area contributed by atoms with Gasteiger partial charge >= 0.3 is 0 Å². The maximum Gasteiger partial charge on any atom is 0.224 e. The largest absolute Gasteiger partial charge is 0.361 e. The van der Waals surface area contributed by atoms with Crippen LogP contribution in [-0.2, 0) is 14.3 Å². The maximum atomic E-state index is 11.9. The Balaban J connectivity index is 1.53. The van der Waals surface area contributed by atoms with Crippen molar-refractivity contribution in [2.45, 2.75) is 64.2 Å². The molecular formula is C17H30N2O3. The first kappa shape index (κ1) is 17.3. The van der Waals surface area contributed by atoms with Crippen molar-refractivity contribution < 1.29 is 14.3 Å². The molecule has 0 saturated carbocycles. The molecule has 5 heteroatoms. The average Bonchev–Trinajstić information content (AvgIpc) is 2.84. The van der Waals surface area contributed by atoms with Gasteiger partial charge in [-0.1, -0.05) is 12.8 Å². The van der Waals surface area contributed by atoms with Crippen LogP contribution in [-0.4, -0.2) is 54.6 Å². The Labute approximate surface area is 134 Å². The van der Waals surface area contributed by atoms with Crippen LogP contribution in [0.4, 0.5) is 0 Å². The molecule has 0 aromatic rings. The quantitative estimate of drug-likeness (QED) is 0.679. The van der Waals surface area contributed by atoms with Crippen LogP contribution in [0.3, 0.4) is 0 Å². The lowest BCUT2D eigenvalue weighted by atomic mass is 10.2. The number of nitrogens with zero attached hydrogens (tertiary/aromatic N) is 2. The van der Waals surface area contributed by atoms with Gasteiger partial charge in [-0.05, 0) is 38.5 Å². The smallest absolute Gasteiger partial charge is 0.224 e. The van der Waals surface area contributed by atoms with Crippen molar-refractivity contribution in [2.24, 2.45) is 0 Å². The van der Waals surface area contributed by atoms with E-state index in [1.165, 1.54) is 6.42 Å². The van der Waals surface area contributed by atoms with E-state index in [9.17, 15) is 9.59 Å². The number of carbonyl (C=O) groups excluding carboxylic acids is 2. The fourth-order valence-electron chi connectivity index (χ4n) is 3.13. The second kappa shape index (κ2) is 9.82. The molecule has 0 N–H and O–H groups in total. The molecule has 0 bridgehead atoms.